The van der Waals surface area contributed by atoms with Crippen LogP contribution in [0, 0.1) is 0 Å². The Kier molecular flexibility index (Phi) is 5.36. The minimum absolute atomic E-state index is 0.466. The maximum absolute atomic E-state index is 5.16. The summed E-state index contributed by atoms with van der Waals surface area (Å²) in [6.07, 6.45) is 3.90. The van der Waals surface area contributed by atoms with Crippen molar-refractivity contribution in [2.24, 2.45) is 0 Å². The molecule has 0 fully saturated rings. The van der Waals surface area contributed by atoms with E-state index in [1.54, 1.807) is 18.4 Å². The van der Waals surface area contributed by atoms with E-state index in [-0.39, 0.29) is 0 Å². The van der Waals surface area contributed by atoms with Crippen LogP contribution in [0.1, 0.15) is 17.5 Å². The summed E-state index contributed by atoms with van der Waals surface area (Å²) in [5.74, 6) is 0.910. The third-order valence-electron chi connectivity index (χ3n) is 3.02. The minimum atomic E-state index is 0.466. The van der Waals surface area contributed by atoms with Gasteiger partial charge in [0.15, 0.2) is 0 Å². The molecule has 19 heavy (non-hydrogen) atoms. The van der Waals surface area contributed by atoms with E-state index in [2.05, 4.69) is 29.4 Å². The fraction of sp³-hybridized carbons (Fsp3) is 0.400. The van der Waals surface area contributed by atoms with E-state index in [0.29, 0.717) is 6.04 Å². The van der Waals surface area contributed by atoms with Crippen LogP contribution in [0.25, 0.3) is 0 Å². The van der Waals surface area contributed by atoms with E-state index in [0.717, 1.165) is 25.1 Å². The topological polar surface area (TPSA) is 34.1 Å². The van der Waals surface area contributed by atoms with Gasteiger partial charge < -0.3 is 10.1 Å². The average Bonchev–Trinajstić information content (AvgIpc) is 2.93. The van der Waals surface area contributed by atoms with Crippen LogP contribution in [0.3, 0.4) is 0 Å². The summed E-state index contributed by atoms with van der Waals surface area (Å²) in [7, 11) is 1.69. The Morgan fingerprint density at radius 2 is 2.11 bits per heavy atom. The monoisotopic (exact) mass is 276 g/mol. The van der Waals surface area contributed by atoms with Crippen molar-refractivity contribution < 1.29 is 4.74 Å². The third kappa shape index (κ3) is 4.65. The molecule has 2 rings (SSSR count). The SMILES string of the molecule is COc1ccc(CC(C)NCCc2nccs2)cc1. The molecule has 0 bridgehead atoms. The Morgan fingerprint density at radius 1 is 1.32 bits per heavy atom. The first-order chi connectivity index (χ1) is 9.28. The van der Waals surface area contributed by atoms with Crippen LogP contribution >= 0.6 is 11.3 Å². The molecule has 0 aliphatic heterocycles. The van der Waals surface area contributed by atoms with Crippen molar-refractivity contribution in [2.75, 3.05) is 13.7 Å². The quantitative estimate of drug-likeness (QED) is 0.844. The average molecular weight is 276 g/mol. The van der Waals surface area contributed by atoms with Crippen molar-refractivity contribution >= 4 is 11.3 Å². The van der Waals surface area contributed by atoms with Gasteiger partial charge in [0.25, 0.3) is 0 Å². The Bertz CT molecular complexity index is 467. The summed E-state index contributed by atoms with van der Waals surface area (Å²) in [5.41, 5.74) is 1.33. The number of ether oxygens (including phenoxy) is 1. The molecule has 0 saturated heterocycles. The number of benzene rings is 1. The van der Waals surface area contributed by atoms with Crippen molar-refractivity contribution in [1.29, 1.82) is 0 Å². The van der Waals surface area contributed by atoms with Crippen LogP contribution in [-0.4, -0.2) is 24.7 Å². The molecule has 0 saturated carbocycles. The zero-order chi connectivity index (χ0) is 13.5. The molecule has 3 nitrogen and oxygen atoms in total. The number of aromatic nitrogens is 1. The minimum Gasteiger partial charge on any atom is -0.497 e. The lowest BCUT2D eigenvalue weighted by Crippen LogP contribution is -2.29. The van der Waals surface area contributed by atoms with Crippen molar-refractivity contribution in [3.63, 3.8) is 0 Å². The van der Waals surface area contributed by atoms with Gasteiger partial charge in [-0.05, 0) is 31.0 Å². The highest BCUT2D eigenvalue weighted by Crippen LogP contribution is 2.12. The van der Waals surface area contributed by atoms with E-state index in [9.17, 15) is 0 Å². The van der Waals surface area contributed by atoms with E-state index in [1.807, 2.05) is 23.7 Å². The molecule has 1 aromatic carbocycles. The molecule has 4 heteroatoms. The van der Waals surface area contributed by atoms with E-state index in [1.165, 1.54) is 10.6 Å². The molecule has 0 aliphatic carbocycles. The number of nitrogens with one attached hydrogen (secondary N) is 1. The van der Waals surface area contributed by atoms with Gasteiger partial charge in [-0.1, -0.05) is 12.1 Å². The second kappa shape index (κ2) is 7.26. The second-order valence-corrected chi connectivity index (χ2v) is 5.56. The summed E-state index contributed by atoms with van der Waals surface area (Å²) >= 11 is 1.72. The van der Waals surface area contributed by atoms with Crippen LogP contribution < -0.4 is 10.1 Å². The number of thiazole rings is 1. The van der Waals surface area contributed by atoms with Gasteiger partial charge >= 0.3 is 0 Å². The Hall–Kier alpha value is -1.39. The molecule has 2 aromatic rings. The summed E-state index contributed by atoms with van der Waals surface area (Å²) < 4.78 is 5.16. The summed E-state index contributed by atoms with van der Waals surface area (Å²) in [4.78, 5) is 4.28. The summed E-state index contributed by atoms with van der Waals surface area (Å²) in [5, 5.41) is 6.76. The standard InChI is InChI=1S/C15H20N2OS/c1-12(16-8-7-15-17-9-10-19-15)11-13-3-5-14(18-2)6-4-13/h3-6,9-10,12,16H,7-8,11H2,1-2H3. The molecule has 1 heterocycles. The predicted octanol–water partition coefficient (Wildman–Crippen LogP) is 2.92. The van der Waals surface area contributed by atoms with Gasteiger partial charge in [0.1, 0.15) is 5.75 Å². The second-order valence-electron chi connectivity index (χ2n) is 4.58. The number of methoxy groups -OCH3 is 1. The van der Waals surface area contributed by atoms with Crippen molar-refractivity contribution in [1.82, 2.24) is 10.3 Å². The van der Waals surface area contributed by atoms with E-state index >= 15 is 0 Å². The molecular weight excluding hydrogens is 256 g/mol. The highest BCUT2D eigenvalue weighted by molar-refractivity contribution is 7.09. The lowest BCUT2D eigenvalue weighted by molar-refractivity contribution is 0.414. The van der Waals surface area contributed by atoms with Gasteiger partial charge in [-0.15, -0.1) is 11.3 Å². The van der Waals surface area contributed by atoms with E-state index in [4.69, 9.17) is 4.74 Å². The largest absolute Gasteiger partial charge is 0.497 e. The van der Waals surface area contributed by atoms with Gasteiger partial charge in [-0.2, -0.15) is 0 Å². The van der Waals surface area contributed by atoms with Gasteiger partial charge in [0.2, 0.25) is 0 Å². The first kappa shape index (κ1) is 14.0. The third-order valence-corrected chi connectivity index (χ3v) is 3.86. The number of hydrogen-bond donors (Lipinski definition) is 1. The summed E-state index contributed by atoms with van der Waals surface area (Å²) in [6.45, 7) is 3.19. The Morgan fingerprint density at radius 3 is 2.74 bits per heavy atom. The molecule has 1 atom stereocenters. The smallest absolute Gasteiger partial charge is 0.118 e. The lowest BCUT2D eigenvalue weighted by atomic mass is 10.1. The molecular formula is C15H20N2OS. The molecule has 1 unspecified atom stereocenters. The van der Waals surface area contributed by atoms with Crippen LogP contribution in [-0.2, 0) is 12.8 Å². The molecule has 0 radical (unpaired) electrons. The van der Waals surface area contributed by atoms with E-state index < -0.39 is 0 Å². The van der Waals surface area contributed by atoms with Crippen LogP contribution in [0.4, 0.5) is 0 Å². The maximum Gasteiger partial charge on any atom is 0.118 e. The zero-order valence-corrected chi connectivity index (χ0v) is 12.2. The maximum atomic E-state index is 5.16. The van der Waals surface area contributed by atoms with Crippen LogP contribution in [0.15, 0.2) is 35.8 Å². The molecule has 102 valence electrons. The number of rotatable bonds is 7. The molecule has 0 aliphatic rings. The molecule has 0 amide bonds. The van der Waals surface area contributed by atoms with Crippen molar-refractivity contribution in [2.45, 2.75) is 25.8 Å². The lowest BCUT2D eigenvalue weighted by Gasteiger charge is -2.13. The first-order valence-corrected chi connectivity index (χ1v) is 7.40. The van der Waals surface area contributed by atoms with Gasteiger partial charge in [0.05, 0.1) is 12.1 Å². The fourth-order valence-corrected chi connectivity index (χ4v) is 2.61. The van der Waals surface area contributed by atoms with Crippen LogP contribution in [0.5, 0.6) is 5.75 Å². The molecule has 1 N–H and O–H groups in total. The summed E-state index contributed by atoms with van der Waals surface area (Å²) in [6, 6.07) is 8.73. The Labute approximate surface area is 118 Å². The van der Waals surface area contributed by atoms with Gasteiger partial charge in [-0.25, -0.2) is 4.98 Å². The van der Waals surface area contributed by atoms with Crippen LogP contribution in [0.2, 0.25) is 0 Å². The normalized spacial score (nSPS) is 12.3. The zero-order valence-electron chi connectivity index (χ0n) is 11.4. The van der Waals surface area contributed by atoms with Gasteiger partial charge in [0, 0.05) is 30.6 Å². The number of nitrogens with zero attached hydrogens (tertiary/aromatic N) is 1. The number of hydrogen-bond acceptors (Lipinski definition) is 4. The molecule has 1 aromatic heterocycles. The highest BCUT2D eigenvalue weighted by atomic mass is 32.1. The van der Waals surface area contributed by atoms with Crippen molar-refractivity contribution in [3.8, 4) is 5.75 Å². The Balaban J connectivity index is 1.72. The van der Waals surface area contributed by atoms with Gasteiger partial charge in [-0.3, -0.25) is 0 Å². The predicted molar refractivity (Wildman–Crippen MR) is 80.0 cm³/mol. The molecule has 0 spiro atoms. The fourth-order valence-electron chi connectivity index (χ4n) is 1.99. The first-order valence-electron chi connectivity index (χ1n) is 6.52. The van der Waals surface area contributed by atoms with Crippen molar-refractivity contribution in [3.05, 3.63) is 46.4 Å². The highest BCUT2D eigenvalue weighted by Gasteiger charge is 2.04.